The molecule has 0 amide bonds. The molecule has 0 saturated heterocycles. The van der Waals surface area contributed by atoms with Gasteiger partial charge in [-0.25, -0.2) is 0 Å². The molecule has 18 heavy (non-hydrogen) atoms. The standard InChI is InChI=1S/C12H11N3O3/c1-9-2-4-10(5-3-9)11(16)8-14-7-6-12(13-14)15(17)18/h2-7H,8H2,1H3. The zero-order chi connectivity index (χ0) is 13.1. The fourth-order valence-electron chi connectivity index (χ4n) is 1.51. The van der Waals surface area contributed by atoms with E-state index >= 15 is 0 Å². The smallest absolute Gasteiger partial charge is 0.358 e. The molecular formula is C12H11N3O3. The molecule has 0 bridgehead atoms. The molecule has 0 N–H and O–H groups in total. The van der Waals surface area contributed by atoms with Crippen molar-refractivity contribution in [3.63, 3.8) is 0 Å². The number of nitrogens with zero attached hydrogens (tertiary/aromatic N) is 3. The van der Waals surface area contributed by atoms with E-state index in [1.54, 1.807) is 12.1 Å². The van der Waals surface area contributed by atoms with E-state index in [9.17, 15) is 14.9 Å². The van der Waals surface area contributed by atoms with Gasteiger partial charge in [0, 0.05) is 5.56 Å². The molecule has 92 valence electrons. The number of benzene rings is 1. The Hall–Kier alpha value is -2.50. The van der Waals surface area contributed by atoms with Gasteiger partial charge in [0.25, 0.3) is 0 Å². The Morgan fingerprint density at radius 1 is 1.33 bits per heavy atom. The molecule has 0 radical (unpaired) electrons. The van der Waals surface area contributed by atoms with Crippen molar-refractivity contribution in [1.82, 2.24) is 9.78 Å². The monoisotopic (exact) mass is 245 g/mol. The largest absolute Gasteiger partial charge is 0.389 e. The molecule has 0 unspecified atom stereocenters. The average molecular weight is 245 g/mol. The molecule has 1 heterocycles. The van der Waals surface area contributed by atoms with Gasteiger partial charge in [-0.15, -0.1) is 0 Å². The van der Waals surface area contributed by atoms with Gasteiger partial charge in [0.05, 0.1) is 17.4 Å². The van der Waals surface area contributed by atoms with Crippen LogP contribution in [-0.4, -0.2) is 20.5 Å². The fourth-order valence-corrected chi connectivity index (χ4v) is 1.51. The first-order valence-electron chi connectivity index (χ1n) is 5.34. The SMILES string of the molecule is Cc1ccc(C(=O)Cn2ccc([N+](=O)[O-])n2)cc1. The van der Waals surface area contributed by atoms with Crippen LogP contribution in [0.15, 0.2) is 36.5 Å². The molecular weight excluding hydrogens is 234 g/mol. The Morgan fingerprint density at radius 3 is 2.56 bits per heavy atom. The first kappa shape index (κ1) is 12.0. The number of aromatic nitrogens is 2. The summed E-state index contributed by atoms with van der Waals surface area (Å²) in [5, 5.41) is 14.1. The molecule has 6 nitrogen and oxygen atoms in total. The number of ketones is 1. The highest BCUT2D eigenvalue weighted by molar-refractivity contribution is 5.95. The van der Waals surface area contributed by atoms with Crippen LogP contribution in [0.3, 0.4) is 0 Å². The van der Waals surface area contributed by atoms with E-state index in [1.807, 2.05) is 19.1 Å². The van der Waals surface area contributed by atoms with Crippen molar-refractivity contribution in [2.45, 2.75) is 13.5 Å². The topological polar surface area (TPSA) is 78.0 Å². The summed E-state index contributed by atoms with van der Waals surface area (Å²) in [6, 6.07) is 8.42. The predicted molar refractivity (Wildman–Crippen MR) is 64.4 cm³/mol. The number of carbonyl (C=O) groups is 1. The van der Waals surface area contributed by atoms with Gasteiger partial charge in [-0.05, 0) is 11.8 Å². The second-order valence-corrected chi connectivity index (χ2v) is 3.92. The van der Waals surface area contributed by atoms with Crippen molar-refractivity contribution in [1.29, 1.82) is 0 Å². The lowest BCUT2D eigenvalue weighted by atomic mass is 10.1. The van der Waals surface area contributed by atoms with Crippen LogP contribution in [0, 0.1) is 17.0 Å². The molecule has 1 aromatic heterocycles. The molecule has 0 atom stereocenters. The molecule has 0 saturated carbocycles. The van der Waals surface area contributed by atoms with Crippen molar-refractivity contribution in [3.05, 3.63) is 57.8 Å². The summed E-state index contributed by atoms with van der Waals surface area (Å²) in [6.45, 7) is 1.93. The van der Waals surface area contributed by atoms with Crippen LogP contribution in [0.4, 0.5) is 5.82 Å². The Bertz CT molecular complexity index is 587. The summed E-state index contributed by atoms with van der Waals surface area (Å²) < 4.78 is 1.26. The third-order valence-electron chi connectivity index (χ3n) is 2.49. The maximum atomic E-state index is 11.9. The highest BCUT2D eigenvalue weighted by Crippen LogP contribution is 2.08. The lowest BCUT2D eigenvalue weighted by molar-refractivity contribution is -0.389. The summed E-state index contributed by atoms with van der Waals surface area (Å²) in [4.78, 5) is 21.7. The minimum absolute atomic E-state index is 0.00307. The summed E-state index contributed by atoms with van der Waals surface area (Å²) in [7, 11) is 0. The Balaban J connectivity index is 2.11. The summed E-state index contributed by atoms with van der Waals surface area (Å²) >= 11 is 0. The molecule has 6 heteroatoms. The normalized spacial score (nSPS) is 10.3. The third kappa shape index (κ3) is 2.60. The minimum atomic E-state index is -0.590. The van der Waals surface area contributed by atoms with E-state index in [0.29, 0.717) is 5.56 Å². The summed E-state index contributed by atoms with van der Waals surface area (Å²) in [5.41, 5.74) is 1.64. The van der Waals surface area contributed by atoms with Crippen LogP contribution in [0.5, 0.6) is 0 Å². The fraction of sp³-hybridized carbons (Fsp3) is 0.167. The number of carbonyl (C=O) groups excluding carboxylic acids is 1. The van der Waals surface area contributed by atoms with Crippen molar-refractivity contribution in [3.8, 4) is 0 Å². The predicted octanol–water partition coefficient (Wildman–Crippen LogP) is 1.98. The first-order valence-corrected chi connectivity index (χ1v) is 5.34. The molecule has 2 aromatic rings. The zero-order valence-corrected chi connectivity index (χ0v) is 9.74. The molecule has 0 fully saturated rings. The van der Waals surface area contributed by atoms with Gasteiger partial charge < -0.3 is 10.1 Å². The second-order valence-electron chi connectivity index (χ2n) is 3.92. The average Bonchev–Trinajstić information content (AvgIpc) is 2.78. The van der Waals surface area contributed by atoms with Gasteiger partial charge >= 0.3 is 5.82 Å². The van der Waals surface area contributed by atoms with Crippen molar-refractivity contribution >= 4 is 11.6 Å². The molecule has 1 aromatic carbocycles. The van der Waals surface area contributed by atoms with Crippen molar-refractivity contribution < 1.29 is 9.72 Å². The number of nitro groups is 1. The van der Waals surface area contributed by atoms with Crippen LogP contribution < -0.4 is 0 Å². The maximum absolute atomic E-state index is 11.9. The van der Waals surface area contributed by atoms with Crippen LogP contribution in [0.2, 0.25) is 0 Å². The Labute approximate surface area is 103 Å². The van der Waals surface area contributed by atoms with E-state index in [2.05, 4.69) is 5.10 Å². The van der Waals surface area contributed by atoms with Gasteiger partial charge in [-0.3, -0.25) is 4.79 Å². The zero-order valence-electron chi connectivity index (χ0n) is 9.74. The number of hydrogen-bond acceptors (Lipinski definition) is 4. The lowest BCUT2D eigenvalue weighted by Gasteiger charge is -1.99. The molecule has 0 aliphatic heterocycles. The third-order valence-corrected chi connectivity index (χ3v) is 2.49. The van der Waals surface area contributed by atoms with Gasteiger partial charge in [0.1, 0.15) is 6.54 Å². The van der Waals surface area contributed by atoms with Crippen LogP contribution >= 0.6 is 0 Å². The van der Waals surface area contributed by atoms with E-state index < -0.39 is 4.92 Å². The van der Waals surface area contributed by atoms with Crippen LogP contribution in [0.25, 0.3) is 0 Å². The molecule has 0 aliphatic rings. The number of aryl methyl sites for hydroxylation is 1. The molecule has 0 spiro atoms. The van der Waals surface area contributed by atoms with E-state index in [1.165, 1.54) is 16.9 Å². The summed E-state index contributed by atoms with van der Waals surface area (Å²) in [5.74, 6) is -0.389. The van der Waals surface area contributed by atoms with Gasteiger partial charge in [0.2, 0.25) is 0 Å². The maximum Gasteiger partial charge on any atom is 0.389 e. The summed E-state index contributed by atoms with van der Waals surface area (Å²) in [6.07, 6.45) is 1.42. The molecule has 0 aliphatic carbocycles. The van der Waals surface area contributed by atoms with E-state index in [4.69, 9.17) is 0 Å². The Kier molecular flexibility index (Phi) is 3.18. The van der Waals surface area contributed by atoms with Gasteiger partial charge in [-0.2, -0.15) is 4.68 Å². The number of Topliss-reactive ketones (excluding diaryl/α,β-unsaturated/α-hetero) is 1. The van der Waals surface area contributed by atoms with Crippen LogP contribution in [0.1, 0.15) is 15.9 Å². The van der Waals surface area contributed by atoms with E-state index in [0.717, 1.165) is 5.56 Å². The van der Waals surface area contributed by atoms with Crippen molar-refractivity contribution in [2.75, 3.05) is 0 Å². The van der Waals surface area contributed by atoms with Gasteiger partial charge in [0.15, 0.2) is 5.78 Å². The highest BCUT2D eigenvalue weighted by atomic mass is 16.6. The van der Waals surface area contributed by atoms with Crippen molar-refractivity contribution in [2.24, 2.45) is 0 Å². The van der Waals surface area contributed by atoms with Crippen LogP contribution in [-0.2, 0) is 6.54 Å². The highest BCUT2D eigenvalue weighted by Gasteiger charge is 2.14. The molecule has 2 rings (SSSR count). The minimum Gasteiger partial charge on any atom is -0.358 e. The number of rotatable bonds is 4. The first-order chi connectivity index (χ1) is 8.56. The lowest BCUT2D eigenvalue weighted by Crippen LogP contribution is -2.11. The van der Waals surface area contributed by atoms with E-state index in [-0.39, 0.29) is 18.1 Å². The number of hydrogen-bond donors (Lipinski definition) is 0. The second kappa shape index (κ2) is 4.79. The Morgan fingerprint density at radius 2 is 2.00 bits per heavy atom. The van der Waals surface area contributed by atoms with Gasteiger partial charge in [-0.1, -0.05) is 29.8 Å². The quantitative estimate of drug-likeness (QED) is 0.468.